The van der Waals surface area contributed by atoms with Crippen molar-refractivity contribution in [1.29, 1.82) is 0 Å². The van der Waals surface area contributed by atoms with E-state index in [1.807, 2.05) is 19.9 Å². The Balaban J connectivity index is 4.58. The molecule has 0 spiro atoms. The van der Waals surface area contributed by atoms with Crippen molar-refractivity contribution in [3.63, 3.8) is 0 Å². The van der Waals surface area contributed by atoms with Crippen molar-refractivity contribution in [2.24, 2.45) is 0 Å². The summed E-state index contributed by atoms with van der Waals surface area (Å²) in [6, 6.07) is 0. The molecule has 0 saturated heterocycles. The second-order valence-corrected chi connectivity index (χ2v) is 2.22. The molecule has 0 amide bonds. The summed E-state index contributed by atoms with van der Waals surface area (Å²) in [5.41, 5.74) is 1.78. The predicted molar refractivity (Wildman–Crippen MR) is 48.0 cm³/mol. The van der Waals surface area contributed by atoms with Crippen molar-refractivity contribution in [3.8, 4) is 0 Å². The molecule has 0 nitrogen and oxygen atoms in total. The van der Waals surface area contributed by atoms with Gasteiger partial charge in [-0.2, -0.15) is 0 Å². The molecule has 1 heteroatoms. The molecule has 0 saturated carbocycles. The van der Waals surface area contributed by atoms with E-state index >= 15 is 0 Å². The van der Waals surface area contributed by atoms with Gasteiger partial charge >= 0.3 is 0 Å². The molecule has 0 heterocycles. The fraction of sp³-hybridized carbons (Fsp3) is 0.200. The van der Waals surface area contributed by atoms with E-state index in [1.165, 1.54) is 6.08 Å². The molecule has 60 valence electrons. The Bertz CT molecular complexity index is 219. The highest BCUT2D eigenvalue weighted by Crippen LogP contribution is 2.12. The minimum Gasteiger partial charge on any atom is -0.208 e. The Morgan fingerprint density at radius 3 is 2.27 bits per heavy atom. The lowest BCUT2D eigenvalue weighted by atomic mass is 10.1. The van der Waals surface area contributed by atoms with E-state index in [1.54, 1.807) is 6.08 Å². The lowest BCUT2D eigenvalue weighted by Crippen LogP contribution is -1.79. The number of allylic oxidation sites excluding steroid dienone is 6. The van der Waals surface area contributed by atoms with Gasteiger partial charge in [0.15, 0.2) is 0 Å². The number of rotatable bonds is 3. The van der Waals surface area contributed by atoms with Gasteiger partial charge in [0.25, 0.3) is 0 Å². The van der Waals surface area contributed by atoms with Crippen LogP contribution in [0.4, 0.5) is 4.39 Å². The summed E-state index contributed by atoms with van der Waals surface area (Å²) in [4.78, 5) is 0. The molecular formula is C10H13F. The summed E-state index contributed by atoms with van der Waals surface area (Å²) in [7, 11) is 0. The van der Waals surface area contributed by atoms with E-state index in [2.05, 4.69) is 13.2 Å². The topological polar surface area (TPSA) is 0 Å². The first kappa shape index (κ1) is 9.89. The molecule has 0 aliphatic rings. The van der Waals surface area contributed by atoms with Crippen LogP contribution >= 0.6 is 0 Å². The maximum Gasteiger partial charge on any atom is 0.116 e. The molecule has 0 aromatic rings. The average Bonchev–Trinajstić information content (AvgIpc) is 1.88. The van der Waals surface area contributed by atoms with Crippen molar-refractivity contribution >= 4 is 0 Å². The first-order chi connectivity index (χ1) is 5.11. The SMILES string of the molecule is C=CC(=C/C)/C(C)=C/C(=C)F. The molecule has 0 aliphatic heterocycles. The molecule has 0 rings (SSSR count). The van der Waals surface area contributed by atoms with Crippen LogP contribution in [0.5, 0.6) is 0 Å². The zero-order valence-corrected chi connectivity index (χ0v) is 7.02. The molecule has 0 aromatic heterocycles. The van der Waals surface area contributed by atoms with Gasteiger partial charge in [-0.1, -0.05) is 25.3 Å². The molecule has 0 N–H and O–H groups in total. The molecule has 0 unspecified atom stereocenters. The smallest absolute Gasteiger partial charge is 0.116 e. The Labute approximate surface area is 67.4 Å². The van der Waals surface area contributed by atoms with Crippen LogP contribution in [0.2, 0.25) is 0 Å². The van der Waals surface area contributed by atoms with Gasteiger partial charge in [-0.25, -0.2) is 4.39 Å². The standard InChI is InChI=1S/C10H13F/c1-5-10(6-2)8(3)7-9(4)11/h5-7H,1,4H2,2-3H3/b8-7+,10-6-. The maximum absolute atomic E-state index is 12.3. The average molecular weight is 152 g/mol. The zero-order valence-electron chi connectivity index (χ0n) is 7.02. The van der Waals surface area contributed by atoms with E-state index in [-0.39, 0.29) is 0 Å². The zero-order chi connectivity index (χ0) is 8.85. The summed E-state index contributed by atoms with van der Waals surface area (Å²) in [5.74, 6) is -0.427. The van der Waals surface area contributed by atoms with Gasteiger partial charge in [0.05, 0.1) is 0 Å². The highest BCUT2D eigenvalue weighted by molar-refractivity contribution is 5.39. The lowest BCUT2D eigenvalue weighted by molar-refractivity contribution is 0.670. The van der Waals surface area contributed by atoms with E-state index in [9.17, 15) is 4.39 Å². The minimum atomic E-state index is -0.427. The molecule has 0 fully saturated rings. The van der Waals surface area contributed by atoms with E-state index in [0.717, 1.165) is 11.1 Å². The fourth-order valence-corrected chi connectivity index (χ4v) is 0.825. The monoisotopic (exact) mass is 152 g/mol. The van der Waals surface area contributed by atoms with Gasteiger partial charge in [0, 0.05) is 0 Å². The third kappa shape index (κ3) is 3.56. The van der Waals surface area contributed by atoms with E-state index in [4.69, 9.17) is 0 Å². The summed E-state index contributed by atoms with van der Waals surface area (Å²) in [6.07, 6.45) is 4.95. The number of hydrogen-bond donors (Lipinski definition) is 0. The van der Waals surface area contributed by atoms with Gasteiger partial charge in [-0.15, -0.1) is 0 Å². The summed E-state index contributed by atoms with van der Waals surface area (Å²) >= 11 is 0. The summed E-state index contributed by atoms with van der Waals surface area (Å²) < 4.78 is 12.3. The lowest BCUT2D eigenvalue weighted by Gasteiger charge is -1.98. The summed E-state index contributed by atoms with van der Waals surface area (Å²) in [6.45, 7) is 10.4. The van der Waals surface area contributed by atoms with Crippen LogP contribution in [0.15, 0.2) is 48.4 Å². The maximum atomic E-state index is 12.3. The van der Waals surface area contributed by atoms with Gasteiger partial charge in [0.2, 0.25) is 0 Å². The van der Waals surface area contributed by atoms with Gasteiger partial charge < -0.3 is 0 Å². The van der Waals surface area contributed by atoms with Crippen LogP contribution in [0, 0.1) is 0 Å². The van der Waals surface area contributed by atoms with Crippen LogP contribution in [-0.2, 0) is 0 Å². The van der Waals surface area contributed by atoms with Gasteiger partial charge in [-0.05, 0) is 31.1 Å². The second-order valence-electron chi connectivity index (χ2n) is 2.22. The van der Waals surface area contributed by atoms with Crippen molar-refractivity contribution in [2.45, 2.75) is 13.8 Å². The first-order valence-corrected chi connectivity index (χ1v) is 3.43. The van der Waals surface area contributed by atoms with Crippen LogP contribution < -0.4 is 0 Å². The Morgan fingerprint density at radius 2 is 2.00 bits per heavy atom. The van der Waals surface area contributed by atoms with Crippen LogP contribution in [-0.4, -0.2) is 0 Å². The highest BCUT2D eigenvalue weighted by atomic mass is 19.1. The predicted octanol–water partition coefficient (Wildman–Crippen LogP) is 3.55. The number of hydrogen-bond acceptors (Lipinski definition) is 0. The molecule has 11 heavy (non-hydrogen) atoms. The van der Waals surface area contributed by atoms with Crippen LogP contribution in [0.3, 0.4) is 0 Å². The molecule has 0 bridgehead atoms. The van der Waals surface area contributed by atoms with E-state index < -0.39 is 5.83 Å². The van der Waals surface area contributed by atoms with Crippen molar-refractivity contribution < 1.29 is 4.39 Å². The third-order valence-corrected chi connectivity index (χ3v) is 1.36. The fourth-order valence-electron chi connectivity index (χ4n) is 0.825. The second kappa shape index (κ2) is 4.67. The molecule has 0 radical (unpaired) electrons. The normalized spacial score (nSPS) is 13.0. The molecule has 0 aliphatic carbocycles. The third-order valence-electron chi connectivity index (χ3n) is 1.36. The van der Waals surface area contributed by atoms with E-state index in [0.29, 0.717) is 0 Å². The minimum absolute atomic E-state index is 0.427. The van der Waals surface area contributed by atoms with Crippen molar-refractivity contribution in [2.75, 3.05) is 0 Å². The molecular weight excluding hydrogens is 139 g/mol. The first-order valence-electron chi connectivity index (χ1n) is 3.43. The van der Waals surface area contributed by atoms with Gasteiger partial charge in [-0.3, -0.25) is 0 Å². The van der Waals surface area contributed by atoms with Crippen molar-refractivity contribution in [3.05, 3.63) is 48.4 Å². The van der Waals surface area contributed by atoms with Crippen LogP contribution in [0.1, 0.15) is 13.8 Å². The van der Waals surface area contributed by atoms with Crippen LogP contribution in [0.25, 0.3) is 0 Å². The van der Waals surface area contributed by atoms with Crippen molar-refractivity contribution in [1.82, 2.24) is 0 Å². The molecule has 0 atom stereocenters. The van der Waals surface area contributed by atoms with Gasteiger partial charge in [0.1, 0.15) is 5.83 Å². The Hall–Kier alpha value is -1.11. The number of halogens is 1. The molecule has 0 aromatic carbocycles. The quantitative estimate of drug-likeness (QED) is 0.542. The largest absolute Gasteiger partial charge is 0.208 e. The summed E-state index contributed by atoms with van der Waals surface area (Å²) in [5, 5.41) is 0. The Morgan fingerprint density at radius 1 is 1.45 bits per heavy atom. The Kier molecular flexibility index (Phi) is 4.20. The highest BCUT2D eigenvalue weighted by Gasteiger charge is 1.93.